The number of phenols is 1. The van der Waals surface area contributed by atoms with E-state index in [0.717, 1.165) is 20.7 Å². The number of nitrogens with one attached hydrogen (secondary N) is 1. The molecule has 45 heavy (non-hydrogen) atoms. The lowest BCUT2D eigenvalue weighted by molar-refractivity contribution is -0.138. The Balaban J connectivity index is 1.52. The number of benzene rings is 3. The number of hydrazine groups is 1. The first-order valence-electron chi connectivity index (χ1n) is 14.5. The second kappa shape index (κ2) is 10.5. The van der Waals surface area contributed by atoms with Gasteiger partial charge in [0.05, 0.1) is 40.3 Å². The van der Waals surface area contributed by atoms with Crippen molar-refractivity contribution in [3.05, 3.63) is 120 Å². The van der Waals surface area contributed by atoms with Crippen molar-refractivity contribution >= 4 is 40.1 Å². The third kappa shape index (κ3) is 4.07. The first-order chi connectivity index (χ1) is 21.6. The Hall–Kier alpha value is -4.59. The van der Waals surface area contributed by atoms with Gasteiger partial charge in [0.1, 0.15) is 0 Å². The van der Waals surface area contributed by atoms with Crippen molar-refractivity contribution in [3.8, 4) is 11.5 Å². The number of aromatic nitrogens is 3. The highest BCUT2D eigenvalue weighted by Crippen LogP contribution is 2.62. The highest BCUT2D eigenvalue weighted by Gasteiger charge is 2.68. The first-order valence-corrected chi connectivity index (χ1v) is 15.6. The van der Waals surface area contributed by atoms with Crippen molar-refractivity contribution in [2.75, 3.05) is 12.5 Å². The highest BCUT2D eigenvalue weighted by molar-refractivity contribution is 14.1. The van der Waals surface area contributed by atoms with E-state index in [1.165, 1.54) is 23.5 Å². The predicted octanol–water partition coefficient (Wildman–Crippen LogP) is 3.59. The van der Waals surface area contributed by atoms with Gasteiger partial charge in [0.25, 0.3) is 11.8 Å². The number of fused-ring (bicyclic) bond motifs is 4. The third-order valence-electron chi connectivity index (χ3n) is 9.45. The lowest BCUT2D eigenvalue weighted by atomic mass is 9.53. The number of amides is 2. The molecular formula is C33H30IN5O6. The zero-order valence-corrected chi connectivity index (χ0v) is 26.9. The number of ether oxygens (including phenoxy) is 1. The lowest BCUT2D eigenvalue weighted by Crippen LogP contribution is -2.53. The fraction of sp³-hybridized carbons (Fsp3) is 0.273. The quantitative estimate of drug-likeness (QED) is 0.184. The number of carbonyl (C=O) groups excluding carboxylic acids is 2. The van der Waals surface area contributed by atoms with Gasteiger partial charge in [0.2, 0.25) is 0 Å². The number of hydrogen-bond donors (Lipinski definition) is 2. The fourth-order valence-electron chi connectivity index (χ4n) is 7.41. The van der Waals surface area contributed by atoms with Crippen LogP contribution in [0.15, 0.2) is 88.0 Å². The molecule has 4 atom stereocenters. The molecule has 3 aliphatic rings. The molecule has 0 radical (unpaired) electrons. The zero-order valence-electron chi connectivity index (χ0n) is 24.7. The van der Waals surface area contributed by atoms with E-state index in [9.17, 15) is 19.5 Å². The monoisotopic (exact) mass is 719 g/mol. The number of aryl methyl sites for hydroxylation is 1. The van der Waals surface area contributed by atoms with Gasteiger partial charge in [-0.1, -0.05) is 54.1 Å². The summed E-state index contributed by atoms with van der Waals surface area (Å²) in [6.07, 6.45) is 2.01. The first kappa shape index (κ1) is 29.1. The van der Waals surface area contributed by atoms with Gasteiger partial charge in [0.15, 0.2) is 11.5 Å². The Labute approximate surface area is 271 Å². The molecule has 4 aromatic rings. The van der Waals surface area contributed by atoms with Gasteiger partial charge in [0, 0.05) is 13.0 Å². The second-order valence-electron chi connectivity index (χ2n) is 11.7. The van der Waals surface area contributed by atoms with Crippen molar-refractivity contribution in [3.63, 3.8) is 0 Å². The Morgan fingerprint density at radius 3 is 2.40 bits per heavy atom. The minimum Gasteiger partial charge on any atom is -0.504 e. The molecule has 0 unspecified atom stereocenters. The largest absolute Gasteiger partial charge is 0.504 e. The van der Waals surface area contributed by atoms with Gasteiger partial charge in [-0.15, -0.1) is 0 Å². The fourth-order valence-corrected chi connectivity index (χ4v) is 8.03. The number of anilines is 1. The van der Waals surface area contributed by atoms with E-state index in [-0.39, 0.29) is 24.5 Å². The number of aromatic hydroxyl groups is 1. The predicted molar refractivity (Wildman–Crippen MR) is 174 cm³/mol. The smallest absolute Gasteiger partial charge is 0.347 e. The van der Waals surface area contributed by atoms with Crippen LogP contribution in [0.3, 0.4) is 0 Å². The Kier molecular flexibility index (Phi) is 6.80. The van der Waals surface area contributed by atoms with Crippen molar-refractivity contribution in [1.82, 2.24) is 18.9 Å². The number of phenolic OH excluding ortho intramolecular Hbond substituents is 1. The van der Waals surface area contributed by atoms with E-state index in [4.69, 9.17) is 4.74 Å². The number of halogens is 1. The number of rotatable bonds is 5. The van der Waals surface area contributed by atoms with Crippen molar-refractivity contribution in [2.45, 2.75) is 37.3 Å². The maximum Gasteiger partial charge on any atom is 0.347 e. The summed E-state index contributed by atoms with van der Waals surface area (Å²) in [6, 6.07) is 19.5. The second-order valence-corrected chi connectivity index (χ2v) is 12.9. The Morgan fingerprint density at radius 2 is 1.71 bits per heavy atom. The van der Waals surface area contributed by atoms with Crippen LogP contribution >= 0.6 is 22.6 Å². The number of nitrogens with zero attached hydrogens (tertiary/aromatic N) is 4. The molecule has 0 spiro atoms. The van der Waals surface area contributed by atoms with Crippen LogP contribution < -0.4 is 21.5 Å². The molecule has 2 aliphatic heterocycles. The summed E-state index contributed by atoms with van der Waals surface area (Å²) in [4.78, 5) is 56.2. The summed E-state index contributed by atoms with van der Waals surface area (Å²) in [6.45, 7) is 2.07. The summed E-state index contributed by atoms with van der Waals surface area (Å²) in [5.41, 5.74) is 4.33. The average molecular weight is 720 g/mol. The van der Waals surface area contributed by atoms with E-state index in [1.54, 1.807) is 12.1 Å². The van der Waals surface area contributed by atoms with Crippen LogP contribution in [-0.4, -0.2) is 43.0 Å². The maximum atomic E-state index is 15.1. The number of imide groups is 1. The molecule has 7 rings (SSSR count). The Bertz CT molecular complexity index is 2030. The van der Waals surface area contributed by atoms with Gasteiger partial charge < -0.3 is 9.84 Å². The van der Waals surface area contributed by atoms with Gasteiger partial charge in [-0.05, 0) is 76.9 Å². The topological polar surface area (TPSA) is 128 Å². The van der Waals surface area contributed by atoms with E-state index in [0.29, 0.717) is 20.4 Å². The van der Waals surface area contributed by atoms with E-state index in [2.05, 4.69) is 5.43 Å². The van der Waals surface area contributed by atoms with E-state index >= 15 is 4.79 Å². The minimum atomic E-state index is -1.43. The van der Waals surface area contributed by atoms with Crippen LogP contribution in [0.25, 0.3) is 0 Å². The minimum absolute atomic E-state index is 0.0400. The van der Waals surface area contributed by atoms with Gasteiger partial charge in [-0.25, -0.2) is 23.5 Å². The molecule has 12 heteroatoms. The molecule has 1 aromatic heterocycles. The lowest BCUT2D eigenvalue weighted by Gasteiger charge is -2.49. The van der Waals surface area contributed by atoms with Crippen LogP contribution in [0.4, 0.5) is 5.69 Å². The Morgan fingerprint density at radius 1 is 1.00 bits per heavy atom. The molecule has 2 amide bonds. The number of methoxy groups -OCH3 is 1. The third-order valence-corrected chi connectivity index (χ3v) is 10.3. The summed E-state index contributed by atoms with van der Waals surface area (Å²) < 4.78 is 9.91. The highest BCUT2D eigenvalue weighted by atomic mass is 127. The maximum absolute atomic E-state index is 15.1. The van der Waals surface area contributed by atoms with Gasteiger partial charge in [-0.2, -0.15) is 5.01 Å². The summed E-state index contributed by atoms with van der Waals surface area (Å²) >= 11 is 2.02. The van der Waals surface area contributed by atoms with Gasteiger partial charge >= 0.3 is 11.4 Å². The van der Waals surface area contributed by atoms with Crippen LogP contribution in [-0.2, 0) is 28.6 Å². The molecular weight excluding hydrogens is 689 g/mol. The SMILES string of the molecule is COc1cc([C@H]2C3=CCn4c(=O)n(C)c(=O)n4[C@@H]3C[C@H]3C(=O)N(Nc4ccc(C)cc4)C(=O)[C@@]23c2ccccc2)cc(I)c1O. The summed E-state index contributed by atoms with van der Waals surface area (Å²) in [5.74, 6) is -2.36. The normalized spacial score (nSPS) is 23.7. The molecule has 3 aromatic carbocycles. The average Bonchev–Trinajstić information content (AvgIpc) is 3.40. The van der Waals surface area contributed by atoms with Crippen LogP contribution in [0.2, 0.25) is 0 Å². The van der Waals surface area contributed by atoms with E-state index in [1.807, 2.05) is 90.2 Å². The molecule has 2 N–H and O–H groups in total. The summed E-state index contributed by atoms with van der Waals surface area (Å²) in [5, 5.41) is 11.9. The molecule has 230 valence electrons. The van der Waals surface area contributed by atoms with Crippen LogP contribution in [0, 0.1) is 16.4 Å². The molecule has 0 bridgehead atoms. The molecule has 3 heterocycles. The van der Waals surface area contributed by atoms with E-state index < -0.39 is 46.5 Å². The number of allylic oxidation sites excluding steroid dienone is 2. The standard InChI is InChI=1S/C33H30IN5O6/c1-18-9-11-21(12-10-18)35-38-29(41)23-17-25-22(13-14-37-31(43)36(2)32(44)39(25)37)27(19-15-24(34)28(40)26(16-19)45-3)33(23,30(38)42)20-7-5-4-6-8-20/h4-13,15-16,23,25,27,35,40H,14,17H2,1-3H3/t23-,25+,27-,33+/m0/s1. The number of hydrogen-bond acceptors (Lipinski definition) is 7. The van der Waals surface area contributed by atoms with Crippen molar-refractivity contribution < 1.29 is 19.4 Å². The number of carbonyl (C=O) groups is 2. The van der Waals surface area contributed by atoms with Crippen molar-refractivity contribution in [2.24, 2.45) is 13.0 Å². The van der Waals surface area contributed by atoms with Gasteiger partial charge in [-0.3, -0.25) is 15.0 Å². The molecule has 11 nitrogen and oxygen atoms in total. The molecule has 2 fully saturated rings. The van der Waals surface area contributed by atoms with Crippen LogP contribution in [0.1, 0.15) is 35.1 Å². The van der Waals surface area contributed by atoms with Crippen LogP contribution in [0.5, 0.6) is 11.5 Å². The molecule has 1 aliphatic carbocycles. The molecule has 1 saturated carbocycles. The summed E-state index contributed by atoms with van der Waals surface area (Å²) in [7, 11) is 2.88. The molecule has 1 saturated heterocycles. The zero-order chi connectivity index (χ0) is 31.8. The van der Waals surface area contributed by atoms with Crippen molar-refractivity contribution in [1.29, 1.82) is 0 Å².